The van der Waals surface area contributed by atoms with E-state index < -0.39 is 0 Å². The summed E-state index contributed by atoms with van der Waals surface area (Å²) in [5.41, 5.74) is 2.46. The third kappa shape index (κ3) is 1.42. The van der Waals surface area contributed by atoms with Gasteiger partial charge in [0.25, 0.3) is 0 Å². The SMILES string of the molecule is C[C@]12CC3CC4CC[C@H]5[C@H](CCC1=CC3=O)[C@@H]2CC[C@]45C. The average molecular weight is 284 g/mol. The van der Waals surface area contributed by atoms with Crippen LogP contribution >= 0.6 is 0 Å². The number of rotatable bonds is 0. The van der Waals surface area contributed by atoms with Crippen molar-refractivity contribution in [3.05, 3.63) is 11.6 Å². The van der Waals surface area contributed by atoms with Crippen molar-refractivity contribution in [3.63, 3.8) is 0 Å². The largest absolute Gasteiger partial charge is 0.295 e. The van der Waals surface area contributed by atoms with Gasteiger partial charge in [-0.1, -0.05) is 19.4 Å². The van der Waals surface area contributed by atoms with E-state index in [1.807, 2.05) is 0 Å². The van der Waals surface area contributed by atoms with Crippen LogP contribution in [0.5, 0.6) is 0 Å². The molecule has 5 fully saturated rings. The summed E-state index contributed by atoms with van der Waals surface area (Å²) in [5, 5.41) is 0. The first kappa shape index (κ1) is 12.9. The summed E-state index contributed by atoms with van der Waals surface area (Å²) in [6.45, 7) is 5.12. The Kier molecular flexibility index (Phi) is 2.36. The maximum Gasteiger partial charge on any atom is 0.158 e. The predicted molar refractivity (Wildman–Crippen MR) is 83.7 cm³/mol. The van der Waals surface area contributed by atoms with Crippen molar-refractivity contribution in [2.24, 2.45) is 40.4 Å². The van der Waals surface area contributed by atoms with Gasteiger partial charge in [-0.15, -0.1) is 0 Å². The van der Waals surface area contributed by atoms with Crippen molar-refractivity contribution in [3.8, 4) is 0 Å². The van der Waals surface area contributed by atoms with Gasteiger partial charge in [0.2, 0.25) is 0 Å². The zero-order valence-corrected chi connectivity index (χ0v) is 13.5. The number of allylic oxidation sites excluding steroid dienone is 1. The van der Waals surface area contributed by atoms with E-state index in [-0.39, 0.29) is 0 Å². The van der Waals surface area contributed by atoms with Gasteiger partial charge in [-0.2, -0.15) is 0 Å². The molecule has 7 atom stereocenters. The van der Waals surface area contributed by atoms with Crippen LogP contribution in [-0.4, -0.2) is 5.78 Å². The Morgan fingerprint density at radius 3 is 2.81 bits per heavy atom. The average Bonchev–Trinajstić information content (AvgIpc) is 2.78. The molecule has 0 heterocycles. The van der Waals surface area contributed by atoms with Crippen LogP contribution in [0.2, 0.25) is 0 Å². The molecule has 0 radical (unpaired) electrons. The summed E-state index contributed by atoms with van der Waals surface area (Å²) in [4.78, 5) is 12.6. The van der Waals surface area contributed by atoms with Crippen LogP contribution in [0.3, 0.4) is 0 Å². The quantitative estimate of drug-likeness (QED) is 0.626. The normalized spacial score (nSPS) is 57.7. The lowest BCUT2D eigenvalue weighted by atomic mass is 9.47. The Bertz CT molecular complexity index is 546. The molecular formula is C20H28O. The topological polar surface area (TPSA) is 17.1 Å². The van der Waals surface area contributed by atoms with E-state index in [9.17, 15) is 4.79 Å². The summed E-state index contributed by atoms with van der Waals surface area (Å²) < 4.78 is 0. The van der Waals surface area contributed by atoms with Gasteiger partial charge in [-0.05, 0) is 91.9 Å². The molecule has 5 saturated carbocycles. The van der Waals surface area contributed by atoms with Crippen LogP contribution in [0.4, 0.5) is 0 Å². The first-order chi connectivity index (χ1) is 10.0. The van der Waals surface area contributed by atoms with Gasteiger partial charge in [0.15, 0.2) is 5.78 Å². The molecule has 114 valence electrons. The molecule has 1 nitrogen and oxygen atoms in total. The van der Waals surface area contributed by atoms with E-state index in [1.165, 1.54) is 56.9 Å². The first-order valence-corrected chi connectivity index (χ1v) is 9.27. The fraction of sp³-hybridized carbons (Fsp3) is 0.850. The minimum atomic E-state index is 0.347. The number of hydrogen-bond donors (Lipinski definition) is 0. The standard InChI is InChI=1S/C20H28O/c1-19-8-7-17-15-5-3-14-10-18(21)12(11-20(14,17)2)9-13(19)4-6-16(15)19/h10,12-13,15-17H,3-9,11H2,1-2H3/t12?,13?,15-,16-,17-,19+,20-/m0/s1. The molecule has 0 spiro atoms. The van der Waals surface area contributed by atoms with E-state index in [0.29, 0.717) is 22.5 Å². The molecule has 1 heteroatoms. The minimum Gasteiger partial charge on any atom is -0.295 e. The van der Waals surface area contributed by atoms with Gasteiger partial charge < -0.3 is 0 Å². The molecule has 0 N–H and O–H groups in total. The molecule has 0 saturated heterocycles. The molecule has 0 aromatic rings. The second kappa shape index (κ2) is 3.84. The number of hydrogen-bond acceptors (Lipinski definition) is 1. The lowest BCUT2D eigenvalue weighted by molar-refractivity contribution is -0.121. The molecule has 0 aromatic heterocycles. The third-order valence-electron chi connectivity index (χ3n) is 8.89. The third-order valence-corrected chi connectivity index (χ3v) is 8.89. The second-order valence-corrected chi connectivity index (χ2v) is 9.36. The molecule has 7 bridgehead atoms. The van der Waals surface area contributed by atoms with Crippen molar-refractivity contribution in [1.29, 1.82) is 0 Å². The number of carbonyl (C=O) groups is 1. The van der Waals surface area contributed by atoms with E-state index in [2.05, 4.69) is 19.9 Å². The summed E-state index contributed by atoms with van der Waals surface area (Å²) in [5.74, 6) is 4.46. The second-order valence-electron chi connectivity index (χ2n) is 9.36. The summed E-state index contributed by atoms with van der Waals surface area (Å²) in [7, 11) is 0. The van der Waals surface area contributed by atoms with Gasteiger partial charge in [0, 0.05) is 5.92 Å². The highest BCUT2D eigenvalue weighted by atomic mass is 16.1. The van der Waals surface area contributed by atoms with Crippen molar-refractivity contribution in [1.82, 2.24) is 0 Å². The van der Waals surface area contributed by atoms with Crippen molar-refractivity contribution < 1.29 is 4.79 Å². The van der Waals surface area contributed by atoms with Gasteiger partial charge in [0.1, 0.15) is 0 Å². The monoisotopic (exact) mass is 284 g/mol. The Balaban J connectivity index is 1.72. The highest BCUT2D eigenvalue weighted by molar-refractivity contribution is 5.93. The summed E-state index contributed by atoms with van der Waals surface area (Å²) in [6, 6.07) is 0. The summed E-state index contributed by atoms with van der Waals surface area (Å²) in [6.07, 6.45) is 12.8. The molecular weight excluding hydrogens is 256 g/mol. The van der Waals surface area contributed by atoms with Crippen molar-refractivity contribution >= 4 is 5.78 Å². The van der Waals surface area contributed by atoms with Crippen LogP contribution in [0.15, 0.2) is 11.6 Å². The summed E-state index contributed by atoms with van der Waals surface area (Å²) >= 11 is 0. The number of fused-ring (bicyclic) bond motifs is 1. The van der Waals surface area contributed by atoms with Crippen LogP contribution in [0, 0.1) is 40.4 Å². The lowest BCUT2D eigenvalue weighted by Crippen LogP contribution is -2.49. The number of carbonyl (C=O) groups excluding carboxylic acids is 1. The van der Waals surface area contributed by atoms with Gasteiger partial charge in [-0.3, -0.25) is 4.79 Å². The molecule has 2 unspecified atom stereocenters. The molecule has 0 aliphatic heterocycles. The molecule has 6 rings (SSSR count). The van der Waals surface area contributed by atoms with E-state index >= 15 is 0 Å². The van der Waals surface area contributed by atoms with Crippen LogP contribution in [-0.2, 0) is 4.79 Å². The van der Waals surface area contributed by atoms with Gasteiger partial charge in [-0.25, -0.2) is 0 Å². The van der Waals surface area contributed by atoms with Gasteiger partial charge in [0.05, 0.1) is 0 Å². The first-order valence-electron chi connectivity index (χ1n) is 9.27. The Morgan fingerprint density at radius 2 is 1.95 bits per heavy atom. The van der Waals surface area contributed by atoms with Crippen LogP contribution < -0.4 is 0 Å². The maximum absolute atomic E-state index is 12.6. The van der Waals surface area contributed by atoms with E-state index in [0.717, 1.165) is 23.7 Å². The van der Waals surface area contributed by atoms with Crippen LogP contribution in [0.25, 0.3) is 0 Å². The van der Waals surface area contributed by atoms with Crippen molar-refractivity contribution in [2.45, 2.75) is 65.2 Å². The molecule has 0 amide bonds. The van der Waals surface area contributed by atoms with Gasteiger partial charge >= 0.3 is 0 Å². The molecule has 0 aromatic carbocycles. The Hall–Kier alpha value is -0.590. The number of ketones is 1. The highest BCUT2D eigenvalue weighted by Crippen LogP contribution is 2.69. The Labute approximate surface area is 128 Å². The molecule has 6 aliphatic carbocycles. The lowest BCUT2D eigenvalue weighted by Gasteiger charge is -2.57. The fourth-order valence-corrected chi connectivity index (χ4v) is 7.79. The van der Waals surface area contributed by atoms with E-state index in [4.69, 9.17) is 0 Å². The zero-order valence-electron chi connectivity index (χ0n) is 13.5. The fourth-order valence-electron chi connectivity index (χ4n) is 7.79. The maximum atomic E-state index is 12.6. The smallest absolute Gasteiger partial charge is 0.158 e. The van der Waals surface area contributed by atoms with E-state index in [1.54, 1.807) is 0 Å². The van der Waals surface area contributed by atoms with Crippen molar-refractivity contribution in [2.75, 3.05) is 0 Å². The zero-order chi connectivity index (χ0) is 14.4. The minimum absolute atomic E-state index is 0.347. The highest BCUT2D eigenvalue weighted by Gasteiger charge is 2.61. The Morgan fingerprint density at radius 1 is 1.10 bits per heavy atom. The molecule has 21 heavy (non-hydrogen) atoms. The molecule has 6 aliphatic rings. The van der Waals surface area contributed by atoms with Crippen LogP contribution in [0.1, 0.15) is 65.2 Å². The predicted octanol–water partition coefficient (Wildman–Crippen LogP) is 4.76.